The van der Waals surface area contributed by atoms with E-state index in [1.54, 1.807) is 0 Å². The van der Waals surface area contributed by atoms with Gasteiger partial charge in [0.15, 0.2) is 0 Å². The molecular weight excluding hydrogens is 170 g/mol. The van der Waals surface area contributed by atoms with Crippen LogP contribution in [0.5, 0.6) is 0 Å². The van der Waals surface area contributed by atoms with Crippen molar-refractivity contribution in [3.63, 3.8) is 0 Å². The Bertz CT molecular complexity index is 367. The van der Waals surface area contributed by atoms with E-state index in [-0.39, 0.29) is 0 Å². The molecule has 1 heteroatoms. The second-order valence-electron chi connectivity index (χ2n) is 3.86. The van der Waals surface area contributed by atoms with Crippen molar-refractivity contribution in [2.45, 2.75) is 13.8 Å². The summed E-state index contributed by atoms with van der Waals surface area (Å²) in [6, 6.07) is 6.37. The quantitative estimate of drug-likeness (QED) is 0.609. The molecule has 14 heavy (non-hydrogen) atoms. The van der Waals surface area contributed by atoms with Crippen LogP contribution in [0, 0.1) is 25.7 Å². The first-order valence-electron chi connectivity index (χ1n) is 4.80. The van der Waals surface area contributed by atoms with Crippen molar-refractivity contribution in [3.05, 3.63) is 34.9 Å². The molecule has 0 saturated heterocycles. The predicted molar refractivity (Wildman–Crippen MR) is 61.3 cm³/mol. The zero-order chi connectivity index (χ0) is 10.6. The minimum absolute atomic E-state index is 0.813. The molecule has 74 valence electrons. The van der Waals surface area contributed by atoms with Crippen LogP contribution in [0.2, 0.25) is 0 Å². The molecule has 0 aliphatic carbocycles. The van der Waals surface area contributed by atoms with Gasteiger partial charge in [0.05, 0.1) is 6.54 Å². The van der Waals surface area contributed by atoms with E-state index in [0.29, 0.717) is 0 Å². The summed E-state index contributed by atoms with van der Waals surface area (Å²) in [5.74, 6) is 6.34. The highest BCUT2D eigenvalue weighted by molar-refractivity contribution is 5.43. The van der Waals surface area contributed by atoms with E-state index in [4.69, 9.17) is 0 Å². The van der Waals surface area contributed by atoms with Crippen LogP contribution in [-0.4, -0.2) is 25.5 Å². The van der Waals surface area contributed by atoms with Crippen molar-refractivity contribution in [2.24, 2.45) is 0 Å². The lowest BCUT2D eigenvalue weighted by atomic mass is 10.1. The molecule has 1 aromatic rings. The highest BCUT2D eigenvalue weighted by Gasteiger charge is 1.93. The van der Waals surface area contributed by atoms with Gasteiger partial charge in [0.1, 0.15) is 0 Å². The highest BCUT2D eigenvalue weighted by Crippen LogP contribution is 2.08. The third-order valence-electron chi connectivity index (χ3n) is 2.01. The summed E-state index contributed by atoms with van der Waals surface area (Å²) in [6.07, 6.45) is 0. The van der Waals surface area contributed by atoms with Gasteiger partial charge in [0.2, 0.25) is 0 Å². The maximum Gasteiger partial charge on any atom is 0.0600 e. The summed E-state index contributed by atoms with van der Waals surface area (Å²) in [5, 5.41) is 0. The van der Waals surface area contributed by atoms with E-state index in [9.17, 15) is 0 Å². The van der Waals surface area contributed by atoms with Crippen LogP contribution in [0.15, 0.2) is 18.2 Å². The van der Waals surface area contributed by atoms with E-state index < -0.39 is 0 Å². The molecule has 0 N–H and O–H groups in total. The van der Waals surface area contributed by atoms with Gasteiger partial charge in [-0.3, -0.25) is 4.90 Å². The third kappa shape index (κ3) is 3.24. The van der Waals surface area contributed by atoms with E-state index in [1.165, 1.54) is 11.1 Å². The first-order chi connectivity index (χ1) is 6.59. The molecule has 0 radical (unpaired) electrons. The van der Waals surface area contributed by atoms with Crippen molar-refractivity contribution in [2.75, 3.05) is 20.6 Å². The van der Waals surface area contributed by atoms with Crippen molar-refractivity contribution in [3.8, 4) is 11.8 Å². The molecule has 0 aliphatic rings. The molecule has 1 rings (SSSR count). The first-order valence-corrected chi connectivity index (χ1v) is 4.80. The molecule has 0 spiro atoms. The second kappa shape index (κ2) is 4.83. The zero-order valence-corrected chi connectivity index (χ0v) is 9.39. The number of rotatable bonds is 1. The first kappa shape index (κ1) is 10.8. The van der Waals surface area contributed by atoms with Crippen LogP contribution in [0.3, 0.4) is 0 Å². The van der Waals surface area contributed by atoms with E-state index in [2.05, 4.69) is 48.8 Å². The average Bonchev–Trinajstić information content (AvgIpc) is 2.10. The minimum Gasteiger partial charge on any atom is -0.299 e. The zero-order valence-electron chi connectivity index (χ0n) is 9.39. The Balaban J connectivity index is 2.83. The summed E-state index contributed by atoms with van der Waals surface area (Å²) >= 11 is 0. The molecule has 1 nitrogen and oxygen atoms in total. The summed E-state index contributed by atoms with van der Waals surface area (Å²) in [6.45, 7) is 5.00. The molecule has 0 saturated carbocycles. The summed E-state index contributed by atoms with van der Waals surface area (Å²) in [5.41, 5.74) is 3.67. The van der Waals surface area contributed by atoms with Crippen LogP contribution in [0.1, 0.15) is 16.7 Å². The minimum atomic E-state index is 0.813. The Morgan fingerprint density at radius 2 is 1.93 bits per heavy atom. The molecule has 0 unspecified atom stereocenters. The largest absolute Gasteiger partial charge is 0.299 e. The van der Waals surface area contributed by atoms with Crippen LogP contribution in [0.4, 0.5) is 0 Å². The molecule has 0 fully saturated rings. The van der Waals surface area contributed by atoms with Gasteiger partial charge < -0.3 is 0 Å². The van der Waals surface area contributed by atoms with Gasteiger partial charge >= 0.3 is 0 Å². The molecule has 1 aromatic carbocycles. The second-order valence-corrected chi connectivity index (χ2v) is 3.86. The van der Waals surface area contributed by atoms with Crippen molar-refractivity contribution >= 4 is 0 Å². The average molecular weight is 187 g/mol. The molecule has 0 bridgehead atoms. The van der Waals surface area contributed by atoms with E-state index >= 15 is 0 Å². The Morgan fingerprint density at radius 1 is 1.21 bits per heavy atom. The van der Waals surface area contributed by atoms with Gasteiger partial charge in [-0.25, -0.2) is 0 Å². The van der Waals surface area contributed by atoms with Crippen LogP contribution in [0.25, 0.3) is 0 Å². The third-order valence-corrected chi connectivity index (χ3v) is 2.01. The van der Waals surface area contributed by atoms with Crippen LogP contribution >= 0.6 is 0 Å². The van der Waals surface area contributed by atoms with Gasteiger partial charge in [-0.15, -0.1) is 0 Å². The topological polar surface area (TPSA) is 3.24 Å². The van der Waals surface area contributed by atoms with E-state index in [1.807, 2.05) is 14.1 Å². The van der Waals surface area contributed by atoms with Crippen molar-refractivity contribution in [1.29, 1.82) is 0 Å². The lowest BCUT2D eigenvalue weighted by Gasteiger charge is -2.02. The number of aryl methyl sites for hydroxylation is 2. The molecule has 0 amide bonds. The Morgan fingerprint density at radius 3 is 2.57 bits per heavy atom. The molecule has 0 aliphatic heterocycles. The molecule has 0 aromatic heterocycles. The smallest absolute Gasteiger partial charge is 0.0600 e. The summed E-state index contributed by atoms with van der Waals surface area (Å²) in [7, 11) is 4.05. The number of hydrogen-bond donors (Lipinski definition) is 0. The van der Waals surface area contributed by atoms with Gasteiger partial charge in [-0.1, -0.05) is 24.0 Å². The van der Waals surface area contributed by atoms with Crippen LogP contribution in [-0.2, 0) is 0 Å². The summed E-state index contributed by atoms with van der Waals surface area (Å²) < 4.78 is 0. The summed E-state index contributed by atoms with van der Waals surface area (Å²) in [4.78, 5) is 2.07. The fourth-order valence-corrected chi connectivity index (χ4v) is 1.16. The lowest BCUT2D eigenvalue weighted by Crippen LogP contribution is -2.10. The molecular formula is C13H17N. The Kier molecular flexibility index (Phi) is 3.73. The molecule has 0 heterocycles. The number of hydrogen-bond acceptors (Lipinski definition) is 1. The standard InChI is InChI=1S/C13H17N/c1-11-7-8-12(2)13(10-11)6-5-9-14(3)4/h7-8,10H,9H2,1-4H3. The lowest BCUT2D eigenvalue weighted by molar-refractivity contribution is 0.464. The normalized spacial score (nSPS) is 9.79. The number of benzene rings is 1. The van der Waals surface area contributed by atoms with Gasteiger partial charge in [0.25, 0.3) is 0 Å². The maximum atomic E-state index is 3.19. The van der Waals surface area contributed by atoms with Crippen molar-refractivity contribution < 1.29 is 0 Å². The maximum absolute atomic E-state index is 3.19. The van der Waals surface area contributed by atoms with Gasteiger partial charge in [-0.2, -0.15) is 0 Å². The Hall–Kier alpha value is -1.26. The van der Waals surface area contributed by atoms with E-state index in [0.717, 1.165) is 12.1 Å². The molecule has 0 atom stereocenters. The SMILES string of the molecule is Cc1ccc(C)c(C#CCN(C)C)c1. The highest BCUT2D eigenvalue weighted by atomic mass is 15.0. The van der Waals surface area contributed by atoms with Crippen LogP contribution < -0.4 is 0 Å². The monoisotopic (exact) mass is 187 g/mol. The Labute approximate surface area is 86.7 Å². The fourth-order valence-electron chi connectivity index (χ4n) is 1.16. The van der Waals surface area contributed by atoms with Crippen molar-refractivity contribution in [1.82, 2.24) is 4.90 Å². The van der Waals surface area contributed by atoms with Gasteiger partial charge in [0, 0.05) is 5.56 Å². The van der Waals surface area contributed by atoms with Gasteiger partial charge in [-0.05, 0) is 45.1 Å². The predicted octanol–water partition coefficient (Wildman–Crippen LogP) is 2.22. The fraction of sp³-hybridized carbons (Fsp3) is 0.385. The number of nitrogens with zero attached hydrogens (tertiary/aromatic N) is 1.